The van der Waals surface area contributed by atoms with E-state index in [4.69, 9.17) is 16.2 Å². The summed E-state index contributed by atoms with van der Waals surface area (Å²) in [6, 6.07) is 0. The molecule has 0 saturated carbocycles. The van der Waals surface area contributed by atoms with Crippen LogP contribution in [-0.2, 0) is 0 Å². The highest BCUT2D eigenvalue weighted by molar-refractivity contribution is 6.12. The predicted octanol–water partition coefficient (Wildman–Crippen LogP) is -4.57. The van der Waals surface area contributed by atoms with Gasteiger partial charge in [-0.1, -0.05) is 0 Å². The number of hydrogen-bond acceptors (Lipinski definition) is 21. The molecule has 27 nitrogen and oxygen atoms in total. The Labute approximate surface area is 240 Å². The molecule has 9 N–H and O–H groups in total. The van der Waals surface area contributed by atoms with Crippen molar-refractivity contribution in [3.63, 3.8) is 0 Å². The number of aliphatic imine (C=N–C) groups is 2. The molecule has 0 radical (unpaired) electrons. The van der Waals surface area contributed by atoms with Crippen LogP contribution in [0.15, 0.2) is 20.0 Å². The quantitative estimate of drug-likeness (QED) is 0.0788. The van der Waals surface area contributed by atoms with Gasteiger partial charge in [-0.25, -0.2) is 13.4 Å². The van der Waals surface area contributed by atoms with Crippen molar-refractivity contribution in [2.24, 2.45) is 20.0 Å². The monoisotopic (exact) mass is 603 g/mol. The van der Waals surface area contributed by atoms with Crippen LogP contribution in [0.1, 0.15) is 0 Å². The number of rotatable bonds is 0. The molecule has 5 aliphatic heterocycles. The molecule has 10 rings (SSSR count). The van der Waals surface area contributed by atoms with E-state index in [0.29, 0.717) is 0 Å². The highest BCUT2D eigenvalue weighted by Crippen LogP contribution is 2.23. The molecule has 0 aromatic carbocycles. The van der Waals surface area contributed by atoms with Gasteiger partial charge in [0, 0.05) is 0 Å². The van der Waals surface area contributed by atoms with Crippen molar-refractivity contribution in [1.82, 2.24) is 83.1 Å². The topological polar surface area (TPSA) is 360 Å². The van der Waals surface area contributed by atoms with Crippen LogP contribution in [-0.4, -0.2) is 95.1 Å². The number of nitrogens with zero attached hydrogens (tertiary/aromatic N) is 18. The second kappa shape index (κ2) is 7.75. The average Bonchev–Trinajstić information content (AvgIpc) is 2.95. The number of anilines is 3. The van der Waals surface area contributed by atoms with Gasteiger partial charge in [-0.15, -0.1) is 0 Å². The first-order valence-electron chi connectivity index (χ1n) is 12.5. The van der Waals surface area contributed by atoms with Gasteiger partial charge < -0.3 is 0 Å². The van der Waals surface area contributed by atoms with Crippen molar-refractivity contribution >= 4 is 70.7 Å². The average molecular weight is 603 g/mol. The third kappa shape index (κ3) is 3.38. The SMILES string of the molecule is N=c1nc2[nH]c3nc4[nH]c([nH]c(n1)n2-4)=Nc1nc2n4c(nc(=N)nc4n1)N=C(N=C1Nc4nc(nc5nc(=N)nc(n45)N1)N=3)N2. The molecule has 0 amide bonds. The molecule has 5 aromatic heterocycles. The Morgan fingerprint density at radius 2 is 1.18 bits per heavy atom. The van der Waals surface area contributed by atoms with E-state index in [0.717, 1.165) is 0 Å². The summed E-state index contributed by atoms with van der Waals surface area (Å²) in [7, 11) is 0. The molecule has 27 heteroatoms. The number of H-pyrrole nitrogens is 3. The molecule has 0 aliphatic carbocycles. The van der Waals surface area contributed by atoms with E-state index in [1.54, 1.807) is 0 Å². The fraction of sp³-hybridized carbons (Fsp3) is 0. The number of nitrogens with one attached hydrogen (secondary N) is 9. The fourth-order valence-corrected chi connectivity index (χ4v) is 4.68. The molecule has 0 atom stereocenters. The molecule has 45 heavy (non-hydrogen) atoms. The van der Waals surface area contributed by atoms with Crippen LogP contribution >= 0.6 is 0 Å². The van der Waals surface area contributed by atoms with E-state index in [-0.39, 0.29) is 105 Å². The highest BCUT2D eigenvalue weighted by atomic mass is 15.5. The Bertz CT molecular complexity index is 2870. The lowest BCUT2D eigenvalue weighted by Gasteiger charge is -2.21. The van der Waals surface area contributed by atoms with E-state index in [1.165, 1.54) is 13.4 Å². The second-order valence-corrected chi connectivity index (χ2v) is 9.19. The van der Waals surface area contributed by atoms with E-state index >= 15 is 0 Å². The van der Waals surface area contributed by atoms with Crippen LogP contribution in [0.4, 0.5) is 35.7 Å². The maximum absolute atomic E-state index is 8.13. The van der Waals surface area contributed by atoms with Gasteiger partial charge >= 0.3 is 0 Å². The van der Waals surface area contributed by atoms with Crippen LogP contribution in [0.5, 0.6) is 0 Å². The minimum atomic E-state index is -0.356. The highest BCUT2D eigenvalue weighted by Gasteiger charge is 2.24. The molecule has 0 unspecified atom stereocenters. The summed E-state index contributed by atoms with van der Waals surface area (Å²) in [5.41, 5.74) is -0.935. The van der Waals surface area contributed by atoms with Gasteiger partial charge in [0.2, 0.25) is 92.9 Å². The Morgan fingerprint density at radius 3 is 2.00 bits per heavy atom. The van der Waals surface area contributed by atoms with Gasteiger partial charge in [-0.3, -0.25) is 47.1 Å². The van der Waals surface area contributed by atoms with Gasteiger partial charge in [-0.05, 0) is 0 Å². The number of aromatic amines is 3. The maximum Gasteiger partial charge on any atom is 0.259 e. The standard InChI is InChI=1S/C18H9N27/c19-1-22-10-31-4-28-6-33-12-24-2(20)26-14-35-8(41-17(39-6)44(12)14)30-9-36-15-27-3(21)25-13-34-7(40-18(42-9)45(13)15)29-5-32-11(23-1)43(10)16(37-4)38-5/h(H9,19,20,21,22,23,24,25,26,27,28,29,30,31,32,33,34,35,36,37,38,39,40,41,42). The Kier molecular flexibility index (Phi) is 3.94. The van der Waals surface area contributed by atoms with Crippen molar-refractivity contribution in [2.45, 2.75) is 0 Å². The number of fused-ring (bicyclic) bond motifs is 6. The summed E-state index contributed by atoms with van der Waals surface area (Å²) in [6.45, 7) is 0. The van der Waals surface area contributed by atoms with Crippen LogP contribution in [0.2, 0.25) is 0 Å². The lowest BCUT2D eigenvalue weighted by Crippen LogP contribution is -2.36. The lowest BCUT2D eigenvalue weighted by atomic mass is 10.6. The Balaban J connectivity index is 1.36. The summed E-state index contributed by atoms with van der Waals surface area (Å²) in [6.07, 6.45) is 0. The molecule has 5 aliphatic rings. The molecule has 0 spiro atoms. The lowest BCUT2D eigenvalue weighted by molar-refractivity contribution is 0.762. The van der Waals surface area contributed by atoms with Gasteiger partial charge in [0.1, 0.15) is 0 Å². The molecule has 0 saturated heterocycles. The zero-order valence-corrected chi connectivity index (χ0v) is 21.5. The molecule has 216 valence electrons. The molecular formula is C18H9N27. The van der Waals surface area contributed by atoms with Crippen LogP contribution in [0.25, 0.3) is 29.1 Å². The fourth-order valence-electron chi connectivity index (χ4n) is 4.68. The van der Waals surface area contributed by atoms with Gasteiger partial charge in [-0.2, -0.15) is 74.8 Å². The molecule has 9 bridgehead atoms. The number of guanidine groups is 2. The third-order valence-corrected chi connectivity index (χ3v) is 6.36. The smallest absolute Gasteiger partial charge is 0.259 e. The summed E-state index contributed by atoms with van der Waals surface area (Å²) in [4.78, 5) is 73.5. The minimum absolute atomic E-state index is 0.00160. The third-order valence-electron chi connectivity index (χ3n) is 6.36. The van der Waals surface area contributed by atoms with Gasteiger partial charge in [0.25, 0.3) is 11.9 Å². The Morgan fingerprint density at radius 1 is 0.511 bits per heavy atom. The molecular weight excluding hydrogens is 594 g/mol. The van der Waals surface area contributed by atoms with Crippen molar-refractivity contribution in [1.29, 1.82) is 16.2 Å². The first kappa shape index (κ1) is 22.9. The summed E-state index contributed by atoms with van der Waals surface area (Å²) in [5, 5.41) is 33.3. The first-order chi connectivity index (χ1) is 21.9. The molecule has 10 heterocycles. The molecule has 0 fully saturated rings. The van der Waals surface area contributed by atoms with E-state index in [9.17, 15) is 0 Å². The van der Waals surface area contributed by atoms with Crippen molar-refractivity contribution in [3.8, 4) is 5.95 Å². The normalized spacial score (nSPS) is 14.3. The zero-order chi connectivity index (χ0) is 30.0. The summed E-state index contributed by atoms with van der Waals surface area (Å²) in [5.74, 6) is 0.874. The second-order valence-electron chi connectivity index (χ2n) is 9.19. The summed E-state index contributed by atoms with van der Waals surface area (Å²) >= 11 is 0. The first-order valence-corrected chi connectivity index (χ1v) is 12.5. The zero-order valence-electron chi connectivity index (χ0n) is 21.5. The van der Waals surface area contributed by atoms with Crippen LogP contribution in [0, 0.1) is 16.2 Å². The number of hydrogen-bond donors (Lipinski definition) is 9. The van der Waals surface area contributed by atoms with E-state index < -0.39 is 0 Å². The van der Waals surface area contributed by atoms with Crippen molar-refractivity contribution < 1.29 is 0 Å². The number of aromatic nitrogens is 17. The van der Waals surface area contributed by atoms with Crippen molar-refractivity contribution in [2.75, 3.05) is 16.0 Å². The van der Waals surface area contributed by atoms with Crippen LogP contribution < -0.4 is 44.0 Å². The molecule has 5 aromatic rings. The summed E-state index contributed by atoms with van der Waals surface area (Å²) < 4.78 is 4.28. The van der Waals surface area contributed by atoms with Crippen LogP contribution in [0.3, 0.4) is 0 Å². The van der Waals surface area contributed by atoms with E-state index in [1.807, 2.05) is 0 Å². The predicted molar refractivity (Wildman–Crippen MR) is 141 cm³/mol. The van der Waals surface area contributed by atoms with E-state index in [2.05, 4.69) is 106 Å². The van der Waals surface area contributed by atoms with Gasteiger partial charge in [0.05, 0.1) is 0 Å². The maximum atomic E-state index is 8.13. The van der Waals surface area contributed by atoms with Gasteiger partial charge in [0.15, 0.2) is 0 Å². The van der Waals surface area contributed by atoms with Crippen molar-refractivity contribution in [3.05, 3.63) is 28.1 Å². The largest absolute Gasteiger partial charge is 0.295 e. The Hall–Kier alpha value is -7.74. The minimum Gasteiger partial charge on any atom is -0.295 e.